The van der Waals surface area contributed by atoms with Crippen molar-refractivity contribution in [3.63, 3.8) is 0 Å². The number of rotatable bonds is 7. The van der Waals surface area contributed by atoms with Crippen molar-refractivity contribution in [1.29, 1.82) is 0 Å². The Morgan fingerprint density at radius 3 is 2.72 bits per heavy atom. The van der Waals surface area contributed by atoms with Crippen LogP contribution in [-0.2, 0) is 14.3 Å². The molecule has 0 heterocycles. The van der Waals surface area contributed by atoms with Gasteiger partial charge in [0.25, 0.3) is 0 Å². The van der Waals surface area contributed by atoms with Crippen LogP contribution in [0, 0.1) is 11.8 Å². The number of carboxylic acid groups (broad SMARTS) is 1. The molecule has 0 aromatic rings. The molecule has 0 spiro atoms. The van der Waals surface area contributed by atoms with Gasteiger partial charge in [-0.05, 0) is 25.2 Å². The summed E-state index contributed by atoms with van der Waals surface area (Å²) in [6.07, 6.45) is 4.83. The van der Waals surface area contributed by atoms with Crippen molar-refractivity contribution in [2.45, 2.75) is 38.5 Å². The third-order valence-electron chi connectivity index (χ3n) is 3.54. The topological polar surface area (TPSA) is 75.6 Å². The molecule has 2 N–H and O–H groups in total. The number of hydrogen-bond acceptors (Lipinski definition) is 3. The maximum absolute atomic E-state index is 11.5. The van der Waals surface area contributed by atoms with Gasteiger partial charge in [0.15, 0.2) is 0 Å². The lowest BCUT2D eigenvalue weighted by molar-refractivity contribution is -0.145. The molecule has 1 saturated carbocycles. The fraction of sp³-hybridized carbons (Fsp3) is 0.846. The third kappa shape index (κ3) is 5.04. The number of carbonyl (C=O) groups excluding carboxylic acids is 1. The average molecular weight is 257 g/mol. The Bertz CT molecular complexity index is 280. The fourth-order valence-electron chi connectivity index (χ4n) is 2.49. The van der Waals surface area contributed by atoms with E-state index in [1.54, 1.807) is 7.11 Å². The van der Waals surface area contributed by atoms with Crippen molar-refractivity contribution >= 4 is 11.9 Å². The number of hydrogen-bond donors (Lipinski definition) is 2. The molecule has 1 aliphatic carbocycles. The lowest BCUT2D eigenvalue weighted by Gasteiger charge is -2.28. The van der Waals surface area contributed by atoms with Crippen molar-refractivity contribution in [2.75, 3.05) is 20.3 Å². The highest BCUT2D eigenvalue weighted by molar-refractivity contribution is 5.76. The van der Waals surface area contributed by atoms with Crippen LogP contribution >= 0.6 is 0 Å². The van der Waals surface area contributed by atoms with Gasteiger partial charge in [0.1, 0.15) is 0 Å². The summed E-state index contributed by atoms with van der Waals surface area (Å²) in [5, 5.41) is 12.0. The minimum Gasteiger partial charge on any atom is -0.481 e. The maximum Gasteiger partial charge on any atom is 0.306 e. The molecule has 0 saturated heterocycles. The van der Waals surface area contributed by atoms with Crippen LogP contribution in [0.5, 0.6) is 0 Å². The second-order valence-corrected chi connectivity index (χ2v) is 4.89. The highest BCUT2D eigenvalue weighted by Crippen LogP contribution is 2.29. The van der Waals surface area contributed by atoms with Gasteiger partial charge in [-0.15, -0.1) is 0 Å². The van der Waals surface area contributed by atoms with Crippen molar-refractivity contribution in [3.8, 4) is 0 Å². The Labute approximate surface area is 108 Å². The summed E-state index contributed by atoms with van der Waals surface area (Å²) in [4.78, 5) is 22.6. The zero-order chi connectivity index (χ0) is 13.4. The van der Waals surface area contributed by atoms with Crippen LogP contribution in [0.2, 0.25) is 0 Å². The molecule has 2 unspecified atom stereocenters. The van der Waals surface area contributed by atoms with Gasteiger partial charge in [0.05, 0.1) is 5.92 Å². The van der Waals surface area contributed by atoms with E-state index in [4.69, 9.17) is 9.84 Å². The molecule has 5 heteroatoms. The molecule has 18 heavy (non-hydrogen) atoms. The number of carbonyl (C=O) groups is 2. The van der Waals surface area contributed by atoms with Gasteiger partial charge in [-0.3, -0.25) is 9.59 Å². The van der Waals surface area contributed by atoms with E-state index in [1.165, 1.54) is 0 Å². The van der Waals surface area contributed by atoms with Gasteiger partial charge in [0.2, 0.25) is 5.91 Å². The van der Waals surface area contributed by atoms with E-state index in [1.807, 2.05) is 0 Å². The van der Waals surface area contributed by atoms with Crippen LogP contribution in [0.3, 0.4) is 0 Å². The van der Waals surface area contributed by atoms with Crippen LogP contribution < -0.4 is 5.32 Å². The highest BCUT2D eigenvalue weighted by atomic mass is 16.5. The van der Waals surface area contributed by atoms with E-state index in [0.717, 1.165) is 25.7 Å². The molecule has 2 atom stereocenters. The molecule has 1 aliphatic rings. The first-order valence-corrected chi connectivity index (χ1v) is 6.63. The molecule has 0 aliphatic heterocycles. The van der Waals surface area contributed by atoms with Gasteiger partial charge in [0, 0.05) is 26.7 Å². The van der Waals surface area contributed by atoms with Crippen LogP contribution in [0.4, 0.5) is 0 Å². The second-order valence-electron chi connectivity index (χ2n) is 4.89. The summed E-state index contributed by atoms with van der Waals surface area (Å²) in [5.41, 5.74) is 0. The van der Waals surface area contributed by atoms with Gasteiger partial charge in [-0.2, -0.15) is 0 Å². The lowest BCUT2D eigenvalue weighted by atomic mass is 9.79. The van der Waals surface area contributed by atoms with Crippen LogP contribution in [0.15, 0.2) is 0 Å². The van der Waals surface area contributed by atoms with Crippen molar-refractivity contribution in [2.24, 2.45) is 11.8 Å². The quantitative estimate of drug-likeness (QED) is 0.676. The Balaban J connectivity index is 2.27. The van der Waals surface area contributed by atoms with Gasteiger partial charge >= 0.3 is 5.97 Å². The Morgan fingerprint density at radius 2 is 2.06 bits per heavy atom. The SMILES string of the molecule is COCCCC(=O)NCC1CCCCC1C(=O)O. The van der Waals surface area contributed by atoms with Gasteiger partial charge in [-0.1, -0.05) is 12.8 Å². The second kappa shape index (κ2) is 8.08. The van der Waals surface area contributed by atoms with Crippen molar-refractivity contribution in [3.05, 3.63) is 0 Å². The summed E-state index contributed by atoms with van der Waals surface area (Å²) < 4.78 is 4.88. The maximum atomic E-state index is 11.5. The summed E-state index contributed by atoms with van der Waals surface area (Å²) >= 11 is 0. The lowest BCUT2D eigenvalue weighted by Crippen LogP contribution is -2.37. The normalized spacial score (nSPS) is 23.6. The van der Waals surface area contributed by atoms with Crippen LogP contribution in [0.25, 0.3) is 0 Å². The van der Waals surface area contributed by atoms with Crippen molar-refractivity contribution in [1.82, 2.24) is 5.32 Å². The number of amides is 1. The molecular formula is C13H23NO4. The summed E-state index contributed by atoms with van der Waals surface area (Å²) in [5.74, 6) is -0.948. The first kappa shape index (κ1) is 15.0. The zero-order valence-electron chi connectivity index (χ0n) is 11.0. The number of aliphatic carboxylic acids is 1. The number of carboxylic acids is 1. The standard InChI is InChI=1S/C13H23NO4/c1-18-8-4-7-12(15)14-9-10-5-2-3-6-11(10)13(16)17/h10-11H,2-9H2,1H3,(H,14,15)(H,16,17). The molecule has 1 fully saturated rings. The van der Waals surface area contributed by atoms with Crippen LogP contribution in [0.1, 0.15) is 38.5 Å². The highest BCUT2D eigenvalue weighted by Gasteiger charge is 2.30. The molecule has 104 valence electrons. The van der Waals surface area contributed by atoms with E-state index in [9.17, 15) is 9.59 Å². The van der Waals surface area contributed by atoms with E-state index < -0.39 is 5.97 Å². The molecule has 0 radical (unpaired) electrons. The predicted octanol–water partition coefficient (Wildman–Crippen LogP) is 1.42. The molecule has 1 rings (SSSR count). The number of methoxy groups -OCH3 is 1. The van der Waals surface area contributed by atoms with Crippen LogP contribution in [-0.4, -0.2) is 37.2 Å². The summed E-state index contributed by atoms with van der Waals surface area (Å²) in [6.45, 7) is 1.07. The largest absolute Gasteiger partial charge is 0.481 e. The summed E-state index contributed by atoms with van der Waals surface area (Å²) in [7, 11) is 1.61. The third-order valence-corrected chi connectivity index (χ3v) is 3.54. The van der Waals surface area contributed by atoms with Crippen molar-refractivity contribution < 1.29 is 19.4 Å². The monoisotopic (exact) mass is 257 g/mol. The first-order chi connectivity index (χ1) is 8.65. The Hall–Kier alpha value is -1.10. The van der Waals surface area contributed by atoms with E-state index in [0.29, 0.717) is 26.0 Å². The smallest absolute Gasteiger partial charge is 0.306 e. The molecular weight excluding hydrogens is 234 g/mol. The fourth-order valence-corrected chi connectivity index (χ4v) is 2.49. The van der Waals surface area contributed by atoms with E-state index in [-0.39, 0.29) is 17.7 Å². The molecule has 5 nitrogen and oxygen atoms in total. The Kier molecular flexibility index (Phi) is 6.72. The summed E-state index contributed by atoms with van der Waals surface area (Å²) in [6, 6.07) is 0. The van der Waals surface area contributed by atoms with Gasteiger partial charge < -0.3 is 15.2 Å². The Morgan fingerprint density at radius 1 is 1.33 bits per heavy atom. The average Bonchev–Trinajstić information content (AvgIpc) is 2.37. The minimum absolute atomic E-state index is 0.0123. The first-order valence-electron chi connectivity index (χ1n) is 6.63. The minimum atomic E-state index is -0.728. The number of ether oxygens (including phenoxy) is 1. The molecule has 0 aromatic carbocycles. The zero-order valence-corrected chi connectivity index (χ0v) is 11.0. The predicted molar refractivity (Wildman–Crippen MR) is 67.2 cm³/mol. The molecule has 0 bridgehead atoms. The molecule has 1 amide bonds. The van der Waals surface area contributed by atoms with Gasteiger partial charge in [-0.25, -0.2) is 0 Å². The molecule has 0 aromatic heterocycles. The van der Waals surface area contributed by atoms with E-state index >= 15 is 0 Å². The number of nitrogens with one attached hydrogen (secondary N) is 1. The van der Waals surface area contributed by atoms with E-state index in [2.05, 4.69) is 5.32 Å².